The monoisotopic (exact) mass is 506 g/mol. The highest BCUT2D eigenvalue weighted by Gasteiger charge is 2.33. The summed E-state index contributed by atoms with van der Waals surface area (Å²) in [7, 11) is -1.33. The molecule has 0 atom stereocenters. The number of sulfonamides is 1. The first-order valence-corrected chi connectivity index (χ1v) is 13.8. The zero-order valence-electron chi connectivity index (χ0n) is 20.0. The molecule has 6 rings (SSSR count). The highest BCUT2D eigenvalue weighted by Crippen LogP contribution is 2.35. The average molecular weight is 507 g/mol. The third-order valence-corrected chi connectivity index (χ3v) is 8.04. The van der Waals surface area contributed by atoms with Gasteiger partial charge in [0.15, 0.2) is 5.58 Å². The third kappa shape index (κ3) is 4.28. The standard InChI is InChI=1S/C25H26N6O4S/c1-26-23-18-10-27-22(30-24(32)16-4-5-16)9-17(18)19(11-28-23)25-29-20-8-14(3-6-21(20)35-25)7-15-12-31(13-15)36(2,33)34/h3,6,8-11,15-16H,4-5,7,12-13H2,1-2H3,(H,26,28)(H,27,30,32). The Labute approximate surface area is 208 Å². The molecule has 0 bridgehead atoms. The molecule has 1 amide bonds. The molecule has 2 N–H and O–H groups in total. The molecule has 1 saturated heterocycles. The summed E-state index contributed by atoms with van der Waals surface area (Å²) < 4.78 is 30.9. The molecule has 1 saturated carbocycles. The lowest BCUT2D eigenvalue weighted by molar-refractivity contribution is -0.117. The van der Waals surface area contributed by atoms with E-state index in [9.17, 15) is 13.2 Å². The van der Waals surface area contributed by atoms with E-state index in [0.29, 0.717) is 47.7 Å². The van der Waals surface area contributed by atoms with Crippen molar-refractivity contribution in [3.63, 3.8) is 0 Å². The van der Waals surface area contributed by atoms with E-state index in [1.165, 1.54) is 10.6 Å². The maximum Gasteiger partial charge on any atom is 0.229 e. The van der Waals surface area contributed by atoms with Crippen LogP contribution in [0.5, 0.6) is 0 Å². The molecular weight excluding hydrogens is 480 g/mol. The Bertz CT molecular complexity index is 1610. The predicted octanol–water partition coefficient (Wildman–Crippen LogP) is 3.26. The van der Waals surface area contributed by atoms with Gasteiger partial charge in [0.05, 0.1) is 11.8 Å². The van der Waals surface area contributed by atoms with Gasteiger partial charge in [0.2, 0.25) is 21.8 Å². The topological polar surface area (TPSA) is 130 Å². The van der Waals surface area contributed by atoms with Crippen molar-refractivity contribution >= 4 is 49.4 Å². The summed E-state index contributed by atoms with van der Waals surface area (Å²) in [6.45, 7) is 1.09. The van der Waals surface area contributed by atoms with Crippen LogP contribution in [0.1, 0.15) is 18.4 Å². The number of nitrogens with one attached hydrogen (secondary N) is 2. The largest absolute Gasteiger partial charge is 0.436 e. The van der Waals surface area contributed by atoms with E-state index < -0.39 is 10.0 Å². The average Bonchev–Trinajstić information content (AvgIpc) is 3.59. The number of anilines is 2. The van der Waals surface area contributed by atoms with Gasteiger partial charge in [0, 0.05) is 49.2 Å². The van der Waals surface area contributed by atoms with Crippen LogP contribution in [0.15, 0.2) is 41.1 Å². The first kappa shape index (κ1) is 22.9. The van der Waals surface area contributed by atoms with E-state index in [2.05, 4.69) is 20.6 Å². The van der Waals surface area contributed by atoms with Gasteiger partial charge in [-0.05, 0) is 48.9 Å². The summed E-state index contributed by atoms with van der Waals surface area (Å²) in [6.07, 6.45) is 7.26. The van der Waals surface area contributed by atoms with Crippen molar-refractivity contribution in [1.82, 2.24) is 19.3 Å². The fourth-order valence-corrected chi connectivity index (χ4v) is 5.58. The Hall–Kier alpha value is -3.57. The lowest BCUT2D eigenvalue weighted by Gasteiger charge is -2.37. The first-order valence-electron chi connectivity index (χ1n) is 11.9. The summed E-state index contributed by atoms with van der Waals surface area (Å²) in [5, 5.41) is 7.60. The Morgan fingerprint density at radius 1 is 1.14 bits per heavy atom. The minimum absolute atomic E-state index is 0.00759. The second kappa shape index (κ2) is 8.52. The summed E-state index contributed by atoms with van der Waals surface area (Å²) in [5.41, 5.74) is 3.17. The van der Waals surface area contributed by atoms with Crippen LogP contribution in [-0.4, -0.2) is 60.0 Å². The van der Waals surface area contributed by atoms with Gasteiger partial charge in [-0.1, -0.05) is 6.07 Å². The molecule has 0 radical (unpaired) electrons. The van der Waals surface area contributed by atoms with E-state index >= 15 is 0 Å². The van der Waals surface area contributed by atoms with Crippen LogP contribution in [0.25, 0.3) is 33.3 Å². The van der Waals surface area contributed by atoms with Gasteiger partial charge in [0.1, 0.15) is 17.2 Å². The molecule has 1 aliphatic heterocycles. The molecule has 186 valence electrons. The SMILES string of the molecule is CNc1ncc(-c2nc3cc(CC4CN(S(C)(=O)=O)C4)ccc3o2)c2cc(NC(=O)C3CC3)ncc12. The second-order valence-electron chi connectivity index (χ2n) is 9.62. The van der Waals surface area contributed by atoms with Crippen LogP contribution in [0.4, 0.5) is 11.6 Å². The van der Waals surface area contributed by atoms with Crippen LogP contribution in [-0.2, 0) is 21.2 Å². The molecule has 10 nitrogen and oxygen atoms in total. The fourth-order valence-electron chi connectivity index (χ4n) is 4.62. The van der Waals surface area contributed by atoms with Gasteiger partial charge in [-0.3, -0.25) is 4.79 Å². The Morgan fingerprint density at radius 2 is 1.94 bits per heavy atom. The number of hydrogen-bond acceptors (Lipinski definition) is 8. The van der Waals surface area contributed by atoms with E-state index in [1.54, 1.807) is 19.4 Å². The zero-order chi connectivity index (χ0) is 25.0. The third-order valence-electron chi connectivity index (χ3n) is 6.81. The lowest BCUT2D eigenvalue weighted by atomic mass is 9.94. The molecular formula is C25H26N6O4S. The van der Waals surface area contributed by atoms with Crippen LogP contribution in [0.3, 0.4) is 0 Å². The molecule has 1 aromatic carbocycles. The highest BCUT2D eigenvalue weighted by molar-refractivity contribution is 7.88. The number of amides is 1. The number of oxazole rings is 1. The highest BCUT2D eigenvalue weighted by atomic mass is 32.2. The maximum absolute atomic E-state index is 12.3. The van der Waals surface area contributed by atoms with Gasteiger partial charge in [0.25, 0.3) is 0 Å². The summed E-state index contributed by atoms with van der Waals surface area (Å²) in [5.74, 6) is 1.95. The molecule has 0 unspecified atom stereocenters. The molecule has 0 spiro atoms. The number of carbonyl (C=O) groups excluding carboxylic acids is 1. The predicted molar refractivity (Wildman–Crippen MR) is 137 cm³/mol. The van der Waals surface area contributed by atoms with Crippen molar-refractivity contribution < 1.29 is 17.6 Å². The van der Waals surface area contributed by atoms with Crippen molar-refractivity contribution in [2.75, 3.05) is 37.0 Å². The minimum atomic E-state index is -3.12. The number of carbonyl (C=O) groups is 1. The molecule has 3 aromatic heterocycles. The molecule has 2 aliphatic rings. The molecule has 4 heterocycles. The number of rotatable bonds is 7. The van der Waals surface area contributed by atoms with Gasteiger partial charge in [-0.25, -0.2) is 27.7 Å². The Balaban J connectivity index is 1.31. The summed E-state index contributed by atoms with van der Waals surface area (Å²) in [4.78, 5) is 25.9. The van der Waals surface area contributed by atoms with Crippen molar-refractivity contribution in [3.05, 3.63) is 42.2 Å². The number of nitrogens with zero attached hydrogens (tertiary/aromatic N) is 4. The zero-order valence-corrected chi connectivity index (χ0v) is 20.8. The molecule has 36 heavy (non-hydrogen) atoms. The van der Waals surface area contributed by atoms with Crippen LogP contribution in [0.2, 0.25) is 0 Å². The number of benzene rings is 1. The second-order valence-corrected chi connectivity index (χ2v) is 11.6. The van der Waals surface area contributed by atoms with E-state index in [1.807, 2.05) is 24.3 Å². The molecule has 2 fully saturated rings. The van der Waals surface area contributed by atoms with Crippen molar-refractivity contribution in [2.45, 2.75) is 19.3 Å². The minimum Gasteiger partial charge on any atom is -0.436 e. The summed E-state index contributed by atoms with van der Waals surface area (Å²) in [6, 6.07) is 7.72. The van der Waals surface area contributed by atoms with Gasteiger partial charge < -0.3 is 15.1 Å². The Morgan fingerprint density at radius 3 is 2.67 bits per heavy atom. The Kier molecular flexibility index (Phi) is 5.41. The maximum atomic E-state index is 12.3. The van der Waals surface area contributed by atoms with Crippen molar-refractivity contribution in [2.24, 2.45) is 11.8 Å². The van der Waals surface area contributed by atoms with Crippen molar-refractivity contribution in [1.29, 1.82) is 0 Å². The normalized spacial score (nSPS) is 16.8. The van der Waals surface area contributed by atoms with Crippen molar-refractivity contribution in [3.8, 4) is 11.5 Å². The van der Waals surface area contributed by atoms with Gasteiger partial charge in [-0.2, -0.15) is 0 Å². The number of aromatic nitrogens is 3. The summed E-state index contributed by atoms with van der Waals surface area (Å²) >= 11 is 0. The van der Waals surface area contributed by atoms with E-state index in [-0.39, 0.29) is 11.8 Å². The lowest BCUT2D eigenvalue weighted by Crippen LogP contribution is -2.50. The molecule has 1 aliphatic carbocycles. The van der Waals surface area contributed by atoms with E-state index in [0.717, 1.165) is 41.1 Å². The number of hydrogen-bond donors (Lipinski definition) is 2. The van der Waals surface area contributed by atoms with Gasteiger partial charge >= 0.3 is 0 Å². The van der Waals surface area contributed by atoms with E-state index in [4.69, 9.17) is 9.40 Å². The quantitative estimate of drug-likeness (QED) is 0.391. The van der Waals surface area contributed by atoms with Gasteiger partial charge in [-0.15, -0.1) is 0 Å². The fraction of sp³-hybridized carbons (Fsp3) is 0.360. The smallest absolute Gasteiger partial charge is 0.229 e. The molecule has 11 heteroatoms. The first-order chi connectivity index (χ1) is 17.3. The molecule has 4 aromatic rings. The number of pyridine rings is 2. The van der Waals surface area contributed by atoms with Crippen LogP contribution in [0, 0.1) is 11.8 Å². The number of fused-ring (bicyclic) bond motifs is 2. The van der Waals surface area contributed by atoms with Crippen LogP contribution >= 0.6 is 0 Å². The van der Waals surface area contributed by atoms with Crippen LogP contribution < -0.4 is 10.6 Å².